The highest BCUT2D eigenvalue weighted by Crippen LogP contribution is 2.31. The quantitative estimate of drug-likeness (QED) is 0.838. The molecule has 0 saturated heterocycles. The lowest BCUT2D eigenvalue weighted by molar-refractivity contribution is -0.135. The van der Waals surface area contributed by atoms with Crippen molar-refractivity contribution >= 4 is 34.7 Å². The molecule has 0 radical (unpaired) electrons. The maximum atomic E-state index is 11.7. The second kappa shape index (κ2) is 6.60. The predicted octanol–water partition coefficient (Wildman–Crippen LogP) is 3.98. The highest BCUT2D eigenvalue weighted by molar-refractivity contribution is 7.10. The van der Waals surface area contributed by atoms with Crippen molar-refractivity contribution in [1.82, 2.24) is 5.01 Å². The number of hydrogen-bond acceptors (Lipinski definition) is 5. The van der Waals surface area contributed by atoms with Gasteiger partial charge < -0.3 is 9.47 Å². The number of hydrazone groups is 1. The number of halogens is 1. The van der Waals surface area contributed by atoms with E-state index in [1.54, 1.807) is 12.1 Å². The summed E-state index contributed by atoms with van der Waals surface area (Å²) < 4.78 is 11.4. The minimum absolute atomic E-state index is 0.146. The second-order valence-electron chi connectivity index (χ2n) is 5.04. The molecule has 1 amide bonds. The zero-order valence-corrected chi connectivity index (χ0v) is 14.2. The van der Waals surface area contributed by atoms with Crippen LogP contribution in [-0.4, -0.2) is 23.4 Å². The van der Waals surface area contributed by atoms with E-state index < -0.39 is 6.23 Å². The number of rotatable bonds is 4. The molecule has 0 unspecified atom stereocenters. The Kier molecular flexibility index (Phi) is 4.54. The maximum absolute atomic E-state index is 11.7. The molecular weight excluding hydrogens is 336 g/mol. The van der Waals surface area contributed by atoms with Crippen LogP contribution in [0.15, 0.2) is 40.8 Å². The molecule has 0 bridgehead atoms. The fourth-order valence-corrected chi connectivity index (χ4v) is 2.99. The topological polar surface area (TPSA) is 51.1 Å². The molecule has 1 aliphatic rings. The number of amides is 1. The van der Waals surface area contributed by atoms with Crippen molar-refractivity contribution in [2.24, 2.45) is 5.10 Å². The summed E-state index contributed by atoms with van der Waals surface area (Å²) in [5.74, 6) is 0.860. The highest BCUT2D eigenvalue weighted by Gasteiger charge is 2.33. The first-order valence-corrected chi connectivity index (χ1v) is 8.26. The summed E-state index contributed by atoms with van der Waals surface area (Å²) in [4.78, 5) is 12.7. The van der Waals surface area contributed by atoms with Crippen LogP contribution in [0.25, 0.3) is 0 Å². The Balaban J connectivity index is 1.69. The number of aryl methyl sites for hydroxylation is 1. The zero-order valence-electron chi connectivity index (χ0n) is 12.7. The van der Waals surface area contributed by atoms with Gasteiger partial charge in [0.15, 0.2) is 6.61 Å². The summed E-state index contributed by atoms with van der Waals surface area (Å²) in [6.07, 6.45) is -0.516. The summed E-state index contributed by atoms with van der Waals surface area (Å²) in [5.41, 5.74) is 0.931. The molecule has 1 aromatic carbocycles. The summed E-state index contributed by atoms with van der Waals surface area (Å²) in [7, 11) is 0. The lowest BCUT2D eigenvalue weighted by Crippen LogP contribution is -2.24. The Hall–Kier alpha value is -2.05. The van der Waals surface area contributed by atoms with E-state index in [1.807, 2.05) is 30.5 Å². The van der Waals surface area contributed by atoms with Crippen molar-refractivity contribution in [3.8, 4) is 5.75 Å². The van der Waals surface area contributed by atoms with Gasteiger partial charge in [-0.05, 0) is 42.1 Å². The van der Waals surface area contributed by atoms with E-state index in [-0.39, 0.29) is 12.5 Å². The highest BCUT2D eigenvalue weighted by atomic mass is 35.5. The van der Waals surface area contributed by atoms with Crippen LogP contribution < -0.4 is 4.74 Å². The van der Waals surface area contributed by atoms with Crippen LogP contribution >= 0.6 is 22.9 Å². The van der Waals surface area contributed by atoms with Crippen LogP contribution in [0, 0.1) is 6.92 Å². The van der Waals surface area contributed by atoms with Crippen LogP contribution in [0.4, 0.5) is 0 Å². The Morgan fingerprint density at radius 1 is 1.48 bits per heavy atom. The largest absolute Gasteiger partial charge is 0.484 e. The molecule has 1 aliphatic heterocycles. The van der Waals surface area contributed by atoms with Crippen molar-refractivity contribution in [3.05, 3.63) is 51.2 Å². The molecule has 0 N–H and O–H groups in total. The van der Waals surface area contributed by atoms with Crippen molar-refractivity contribution in [2.75, 3.05) is 6.61 Å². The van der Waals surface area contributed by atoms with Gasteiger partial charge in [-0.15, -0.1) is 16.4 Å². The van der Waals surface area contributed by atoms with Gasteiger partial charge in [0.25, 0.3) is 0 Å². The van der Waals surface area contributed by atoms with Gasteiger partial charge in [-0.3, -0.25) is 4.79 Å². The summed E-state index contributed by atoms with van der Waals surface area (Å²) in [6, 6.07) is 9.22. The first-order chi connectivity index (χ1) is 11.0. The monoisotopic (exact) mass is 350 g/mol. The van der Waals surface area contributed by atoms with E-state index in [0.717, 1.165) is 10.4 Å². The van der Waals surface area contributed by atoms with E-state index in [9.17, 15) is 4.79 Å². The molecule has 23 heavy (non-hydrogen) atoms. The third-order valence-electron chi connectivity index (χ3n) is 3.29. The number of nitrogens with zero attached hydrogens (tertiary/aromatic N) is 2. The van der Waals surface area contributed by atoms with Gasteiger partial charge in [0.2, 0.25) is 18.0 Å². The average Bonchev–Trinajstić information content (AvgIpc) is 3.16. The molecule has 1 aromatic heterocycles. The fourth-order valence-electron chi connectivity index (χ4n) is 2.14. The van der Waals surface area contributed by atoms with Gasteiger partial charge in [-0.1, -0.05) is 17.7 Å². The fraction of sp³-hybridized carbons (Fsp3) is 0.250. The molecule has 120 valence electrons. The van der Waals surface area contributed by atoms with Gasteiger partial charge >= 0.3 is 0 Å². The van der Waals surface area contributed by atoms with Crippen molar-refractivity contribution in [1.29, 1.82) is 0 Å². The molecule has 3 rings (SSSR count). The molecule has 1 atom stereocenters. The second-order valence-corrected chi connectivity index (χ2v) is 6.43. The van der Waals surface area contributed by atoms with Gasteiger partial charge in [0.05, 0.1) is 4.88 Å². The first kappa shape index (κ1) is 15.8. The van der Waals surface area contributed by atoms with Crippen molar-refractivity contribution in [2.45, 2.75) is 20.1 Å². The summed E-state index contributed by atoms with van der Waals surface area (Å²) in [6.45, 7) is 3.51. The number of benzene rings is 1. The van der Waals surface area contributed by atoms with Crippen molar-refractivity contribution < 1.29 is 14.3 Å². The van der Waals surface area contributed by atoms with Gasteiger partial charge in [-0.25, -0.2) is 0 Å². The minimum Gasteiger partial charge on any atom is -0.484 e. The summed E-state index contributed by atoms with van der Waals surface area (Å²) in [5, 5.41) is 8.16. The lowest BCUT2D eigenvalue weighted by Gasteiger charge is -2.17. The van der Waals surface area contributed by atoms with Crippen LogP contribution in [0.2, 0.25) is 5.02 Å². The molecule has 7 heteroatoms. The van der Waals surface area contributed by atoms with Gasteiger partial charge in [0, 0.05) is 11.9 Å². The smallest absolute Gasteiger partial charge is 0.247 e. The zero-order chi connectivity index (χ0) is 16.4. The van der Waals surface area contributed by atoms with Crippen LogP contribution in [-0.2, 0) is 9.53 Å². The van der Waals surface area contributed by atoms with Crippen LogP contribution in [0.3, 0.4) is 0 Å². The maximum Gasteiger partial charge on any atom is 0.247 e. The predicted molar refractivity (Wildman–Crippen MR) is 89.8 cm³/mol. The molecule has 0 spiro atoms. The van der Waals surface area contributed by atoms with Crippen LogP contribution in [0.1, 0.15) is 23.6 Å². The molecule has 0 aliphatic carbocycles. The average molecular weight is 351 g/mol. The Morgan fingerprint density at radius 2 is 2.30 bits per heavy atom. The Bertz CT molecular complexity index is 746. The third-order valence-corrected chi connectivity index (χ3v) is 4.62. The van der Waals surface area contributed by atoms with E-state index >= 15 is 0 Å². The standard InChI is InChI=1S/C16H15ClN2O3S/c1-10-8-12(5-6-13(10)17)21-9-15-18-19(11(2)20)16(22-15)14-4-3-7-23-14/h3-8,16H,9H2,1-2H3/t16-/m1/s1. The van der Waals surface area contributed by atoms with E-state index in [2.05, 4.69) is 5.10 Å². The number of carbonyl (C=O) groups is 1. The van der Waals surface area contributed by atoms with Gasteiger partial charge in [0.1, 0.15) is 5.75 Å². The van der Waals surface area contributed by atoms with Crippen molar-refractivity contribution in [3.63, 3.8) is 0 Å². The lowest BCUT2D eigenvalue weighted by atomic mass is 10.2. The first-order valence-electron chi connectivity index (χ1n) is 7.01. The van der Waals surface area contributed by atoms with E-state index in [0.29, 0.717) is 16.7 Å². The molecule has 5 nitrogen and oxygen atoms in total. The van der Waals surface area contributed by atoms with Gasteiger partial charge in [-0.2, -0.15) is 5.01 Å². The minimum atomic E-state index is -0.516. The SMILES string of the molecule is CC(=O)N1N=C(COc2ccc(Cl)c(C)c2)O[C@@H]1c1cccs1. The number of ether oxygens (including phenoxy) is 2. The molecule has 0 saturated carbocycles. The van der Waals surface area contributed by atoms with Crippen LogP contribution in [0.5, 0.6) is 5.75 Å². The third kappa shape index (κ3) is 3.48. The van der Waals surface area contributed by atoms with E-state index in [1.165, 1.54) is 23.3 Å². The summed E-state index contributed by atoms with van der Waals surface area (Å²) >= 11 is 7.50. The Labute approximate surface area is 143 Å². The molecule has 2 aromatic rings. The Morgan fingerprint density at radius 3 is 2.96 bits per heavy atom. The molecule has 2 heterocycles. The normalized spacial score (nSPS) is 16.9. The molecule has 0 fully saturated rings. The molecular formula is C16H15ClN2O3S. The van der Waals surface area contributed by atoms with E-state index in [4.69, 9.17) is 21.1 Å². The number of thiophene rings is 1. The number of carbonyl (C=O) groups excluding carboxylic acids is 1. The number of hydrogen-bond donors (Lipinski definition) is 0.